The molecule has 1 aromatic heterocycles. The van der Waals surface area contributed by atoms with E-state index in [2.05, 4.69) is 26.0 Å². The Morgan fingerprint density at radius 2 is 1.86 bits per heavy atom. The lowest BCUT2D eigenvalue weighted by atomic mass is 10.3. The Morgan fingerprint density at radius 1 is 1.29 bits per heavy atom. The highest BCUT2D eigenvalue weighted by Crippen LogP contribution is 2.36. The summed E-state index contributed by atoms with van der Waals surface area (Å²) in [6.45, 7) is -1.57. The number of hydrogen-bond donors (Lipinski definition) is 0. The molecule has 1 rings (SSSR count). The van der Waals surface area contributed by atoms with Crippen molar-refractivity contribution in [1.29, 1.82) is 0 Å². The van der Waals surface area contributed by atoms with Crippen molar-refractivity contribution in [2.24, 2.45) is 0 Å². The molecule has 1 heterocycles. The molecular formula is C5H3BrF5N3. The molecule has 0 saturated heterocycles. The zero-order valence-corrected chi connectivity index (χ0v) is 7.98. The summed E-state index contributed by atoms with van der Waals surface area (Å²) in [7, 11) is 0. The van der Waals surface area contributed by atoms with Gasteiger partial charge in [0.05, 0.1) is 0 Å². The Kier molecular flexibility index (Phi) is 2.79. The van der Waals surface area contributed by atoms with Crippen LogP contribution < -0.4 is 0 Å². The van der Waals surface area contributed by atoms with Crippen LogP contribution in [0.1, 0.15) is 0 Å². The molecule has 0 aliphatic carbocycles. The molecule has 0 bridgehead atoms. The average molecular weight is 280 g/mol. The van der Waals surface area contributed by atoms with E-state index in [0.717, 1.165) is 6.33 Å². The van der Waals surface area contributed by atoms with E-state index in [0.29, 0.717) is 4.68 Å². The standard InChI is InChI=1S/C5H3BrF5N3/c6-3-12-2-14(13-3)1-4(7,8)5(9,10)11/h2H,1H2. The molecule has 1 aromatic rings. The van der Waals surface area contributed by atoms with E-state index < -0.39 is 18.6 Å². The summed E-state index contributed by atoms with van der Waals surface area (Å²) in [6, 6.07) is 0. The quantitative estimate of drug-likeness (QED) is 0.778. The van der Waals surface area contributed by atoms with E-state index in [4.69, 9.17) is 0 Å². The van der Waals surface area contributed by atoms with Gasteiger partial charge in [-0.3, -0.25) is 0 Å². The van der Waals surface area contributed by atoms with Crippen molar-refractivity contribution < 1.29 is 22.0 Å². The van der Waals surface area contributed by atoms with Crippen molar-refractivity contribution in [2.45, 2.75) is 18.6 Å². The molecule has 0 aromatic carbocycles. The van der Waals surface area contributed by atoms with E-state index in [-0.39, 0.29) is 4.73 Å². The maximum atomic E-state index is 12.4. The van der Waals surface area contributed by atoms with Crippen molar-refractivity contribution >= 4 is 15.9 Å². The molecule has 0 saturated carbocycles. The normalized spacial score (nSPS) is 13.3. The van der Waals surface area contributed by atoms with E-state index >= 15 is 0 Å². The van der Waals surface area contributed by atoms with Crippen LogP contribution in [0.4, 0.5) is 22.0 Å². The van der Waals surface area contributed by atoms with Gasteiger partial charge in [-0.15, -0.1) is 5.10 Å². The van der Waals surface area contributed by atoms with Gasteiger partial charge in [-0.25, -0.2) is 9.67 Å². The van der Waals surface area contributed by atoms with Crippen LogP contribution in [-0.2, 0) is 6.54 Å². The molecule has 0 N–H and O–H groups in total. The second-order valence-electron chi connectivity index (χ2n) is 2.41. The number of hydrogen-bond acceptors (Lipinski definition) is 2. The molecule has 0 fully saturated rings. The fourth-order valence-corrected chi connectivity index (χ4v) is 0.936. The first kappa shape index (κ1) is 11.3. The van der Waals surface area contributed by atoms with Gasteiger partial charge >= 0.3 is 12.1 Å². The number of rotatable bonds is 2. The van der Waals surface area contributed by atoms with Crippen LogP contribution in [-0.4, -0.2) is 26.9 Å². The maximum Gasteiger partial charge on any atom is 0.455 e. The molecule has 0 unspecified atom stereocenters. The first-order chi connectivity index (χ1) is 6.22. The molecule has 0 amide bonds. The monoisotopic (exact) mass is 279 g/mol. The van der Waals surface area contributed by atoms with E-state index in [1.54, 1.807) is 0 Å². The highest BCUT2D eigenvalue weighted by molar-refractivity contribution is 9.10. The third-order valence-corrected chi connectivity index (χ3v) is 1.65. The Bertz CT molecular complexity index is 319. The zero-order chi connectivity index (χ0) is 11.0. The Labute approximate surface area is 83.0 Å². The van der Waals surface area contributed by atoms with Gasteiger partial charge in [0.1, 0.15) is 12.9 Å². The lowest BCUT2D eigenvalue weighted by molar-refractivity contribution is -0.287. The molecule has 14 heavy (non-hydrogen) atoms. The topological polar surface area (TPSA) is 30.7 Å². The predicted octanol–water partition coefficient (Wildman–Crippen LogP) is 2.24. The van der Waals surface area contributed by atoms with Gasteiger partial charge in [0, 0.05) is 0 Å². The Hall–Kier alpha value is -0.730. The first-order valence-corrected chi connectivity index (χ1v) is 4.01. The fourth-order valence-electron chi connectivity index (χ4n) is 0.641. The molecule has 0 aliphatic heterocycles. The van der Waals surface area contributed by atoms with Gasteiger partial charge in [0.2, 0.25) is 4.73 Å². The largest absolute Gasteiger partial charge is 0.455 e. The van der Waals surface area contributed by atoms with Crippen LogP contribution in [0.3, 0.4) is 0 Å². The first-order valence-electron chi connectivity index (χ1n) is 3.22. The fraction of sp³-hybridized carbons (Fsp3) is 0.600. The Balaban J connectivity index is 2.78. The Morgan fingerprint density at radius 3 is 2.21 bits per heavy atom. The summed E-state index contributed by atoms with van der Waals surface area (Å²) < 4.78 is 60.3. The molecule has 0 atom stereocenters. The minimum atomic E-state index is -5.58. The molecular weight excluding hydrogens is 277 g/mol. The van der Waals surface area contributed by atoms with Crippen LogP contribution in [0.15, 0.2) is 11.1 Å². The summed E-state index contributed by atoms with van der Waals surface area (Å²) in [5.41, 5.74) is 0. The molecule has 80 valence electrons. The molecule has 3 nitrogen and oxygen atoms in total. The minimum Gasteiger partial charge on any atom is -0.245 e. The zero-order valence-electron chi connectivity index (χ0n) is 6.39. The number of nitrogens with zero attached hydrogens (tertiary/aromatic N) is 3. The number of alkyl halides is 5. The van der Waals surface area contributed by atoms with Gasteiger partial charge in [-0.05, 0) is 15.9 Å². The van der Waals surface area contributed by atoms with E-state index in [1.807, 2.05) is 0 Å². The SMILES string of the molecule is FC(F)(F)C(F)(F)Cn1cnc(Br)n1. The van der Waals surface area contributed by atoms with Crippen molar-refractivity contribution in [2.75, 3.05) is 0 Å². The van der Waals surface area contributed by atoms with E-state index in [9.17, 15) is 22.0 Å². The second kappa shape index (κ2) is 3.44. The highest BCUT2D eigenvalue weighted by Gasteiger charge is 2.57. The van der Waals surface area contributed by atoms with Crippen molar-refractivity contribution in [3.05, 3.63) is 11.1 Å². The summed E-state index contributed by atoms with van der Waals surface area (Å²) in [4.78, 5) is 3.35. The third-order valence-electron chi connectivity index (χ3n) is 1.28. The lowest BCUT2D eigenvalue weighted by Gasteiger charge is -2.18. The van der Waals surface area contributed by atoms with Gasteiger partial charge in [0.15, 0.2) is 0 Å². The van der Waals surface area contributed by atoms with Crippen LogP contribution in [0, 0.1) is 0 Å². The van der Waals surface area contributed by atoms with Gasteiger partial charge in [-0.1, -0.05) is 0 Å². The smallest absolute Gasteiger partial charge is 0.245 e. The lowest BCUT2D eigenvalue weighted by Crippen LogP contribution is -2.40. The number of aromatic nitrogens is 3. The predicted molar refractivity (Wildman–Crippen MR) is 38.7 cm³/mol. The van der Waals surface area contributed by atoms with E-state index in [1.165, 1.54) is 0 Å². The number of halogens is 6. The van der Waals surface area contributed by atoms with Crippen molar-refractivity contribution in [3.8, 4) is 0 Å². The van der Waals surface area contributed by atoms with Gasteiger partial charge < -0.3 is 0 Å². The summed E-state index contributed by atoms with van der Waals surface area (Å²) in [6.07, 6.45) is -4.80. The molecule has 0 radical (unpaired) electrons. The average Bonchev–Trinajstić information content (AvgIpc) is 2.31. The summed E-state index contributed by atoms with van der Waals surface area (Å²) >= 11 is 2.72. The molecule has 9 heteroatoms. The molecule has 0 aliphatic rings. The third kappa shape index (κ3) is 2.40. The van der Waals surface area contributed by atoms with Crippen LogP contribution in [0.5, 0.6) is 0 Å². The highest BCUT2D eigenvalue weighted by atomic mass is 79.9. The minimum absolute atomic E-state index is 0.0459. The summed E-state index contributed by atoms with van der Waals surface area (Å²) in [5.74, 6) is -4.81. The summed E-state index contributed by atoms with van der Waals surface area (Å²) in [5, 5.41) is 3.25. The van der Waals surface area contributed by atoms with Crippen molar-refractivity contribution in [1.82, 2.24) is 14.8 Å². The second-order valence-corrected chi connectivity index (χ2v) is 3.12. The maximum absolute atomic E-state index is 12.4. The van der Waals surface area contributed by atoms with Gasteiger partial charge in [-0.2, -0.15) is 22.0 Å². The van der Waals surface area contributed by atoms with Crippen LogP contribution in [0.2, 0.25) is 0 Å². The van der Waals surface area contributed by atoms with Crippen LogP contribution in [0.25, 0.3) is 0 Å². The van der Waals surface area contributed by atoms with Gasteiger partial charge in [0.25, 0.3) is 0 Å². The van der Waals surface area contributed by atoms with Crippen molar-refractivity contribution in [3.63, 3.8) is 0 Å². The molecule has 0 spiro atoms. The van der Waals surface area contributed by atoms with Crippen LogP contribution >= 0.6 is 15.9 Å².